The number of hydrogen-bond donors (Lipinski definition) is 1. The van der Waals surface area contributed by atoms with Crippen LogP contribution in [0, 0.1) is 0 Å². The molecule has 2 aromatic rings. The van der Waals surface area contributed by atoms with Gasteiger partial charge >= 0.3 is 0 Å². The van der Waals surface area contributed by atoms with Gasteiger partial charge in [-0.05, 0) is 36.6 Å². The molecule has 2 heterocycles. The van der Waals surface area contributed by atoms with Crippen molar-refractivity contribution in [2.75, 3.05) is 5.32 Å². The molecule has 23 heavy (non-hydrogen) atoms. The molecule has 0 radical (unpaired) electrons. The zero-order valence-electron chi connectivity index (χ0n) is 12.7. The molecule has 1 aliphatic heterocycles. The van der Waals surface area contributed by atoms with E-state index in [1.165, 1.54) is 0 Å². The number of benzene rings is 1. The quantitative estimate of drug-likeness (QED) is 0.944. The lowest BCUT2D eigenvalue weighted by Gasteiger charge is -2.30. The highest BCUT2D eigenvalue weighted by Gasteiger charge is 2.39. The minimum Gasteiger partial charge on any atom is -0.467 e. The van der Waals surface area contributed by atoms with Crippen LogP contribution in [-0.2, 0) is 16.1 Å². The second kappa shape index (κ2) is 5.57. The first-order valence-electron chi connectivity index (χ1n) is 7.94. The fourth-order valence-electron chi connectivity index (χ4n) is 3.18. The molecule has 1 aromatic heterocycles. The van der Waals surface area contributed by atoms with Gasteiger partial charge in [0.1, 0.15) is 5.76 Å². The van der Waals surface area contributed by atoms with Crippen LogP contribution in [0.1, 0.15) is 36.5 Å². The fraction of sp³-hybridized carbons (Fsp3) is 0.333. The Bertz CT molecular complexity index is 734. The van der Waals surface area contributed by atoms with Crippen molar-refractivity contribution in [3.63, 3.8) is 0 Å². The summed E-state index contributed by atoms with van der Waals surface area (Å²) in [5, 5.41) is 2.85. The normalized spacial score (nSPS) is 19.8. The lowest BCUT2D eigenvalue weighted by molar-refractivity contribution is -0.136. The highest BCUT2D eigenvalue weighted by Crippen LogP contribution is 2.37. The van der Waals surface area contributed by atoms with Crippen molar-refractivity contribution >= 4 is 17.5 Å². The van der Waals surface area contributed by atoms with E-state index in [0.717, 1.165) is 29.9 Å². The maximum absolute atomic E-state index is 13.1. The van der Waals surface area contributed by atoms with Gasteiger partial charge in [-0.1, -0.05) is 18.2 Å². The van der Waals surface area contributed by atoms with E-state index < -0.39 is 5.92 Å². The van der Waals surface area contributed by atoms with Crippen molar-refractivity contribution in [2.24, 2.45) is 0 Å². The van der Waals surface area contributed by atoms with Gasteiger partial charge in [-0.2, -0.15) is 0 Å². The summed E-state index contributed by atoms with van der Waals surface area (Å²) in [4.78, 5) is 27.0. The Morgan fingerprint density at radius 3 is 2.78 bits per heavy atom. The van der Waals surface area contributed by atoms with Gasteiger partial charge in [0.2, 0.25) is 11.8 Å². The van der Waals surface area contributed by atoms with Crippen molar-refractivity contribution in [2.45, 2.75) is 37.8 Å². The monoisotopic (exact) mass is 310 g/mol. The van der Waals surface area contributed by atoms with Gasteiger partial charge in [0.25, 0.3) is 0 Å². The van der Waals surface area contributed by atoms with Crippen LogP contribution in [0.5, 0.6) is 0 Å². The van der Waals surface area contributed by atoms with Crippen molar-refractivity contribution in [3.8, 4) is 0 Å². The van der Waals surface area contributed by atoms with Crippen LogP contribution in [0.4, 0.5) is 5.69 Å². The van der Waals surface area contributed by atoms with E-state index in [4.69, 9.17) is 4.42 Å². The predicted molar refractivity (Wildman–Crippen MR) is 84.7 cm³/mol. The van der Waals surface area contributed by atoms with Crippen molar-refractivity contribution in [1.29, 1.82) is 0 Å². The smallest absolute Gasteiger partial charge is 0.231 e. The van der Waals surface area contributed by atoms with Crippen LogP contribution >= 0.6 is 0 Å². The third-order valence-electron chi connectivity index (χ3n) is 4.47. The molecule has 1 aromatic carbocycles. The van der Waals surface area contributed by atoms with E-state index in [-0.39, 0.29) is 24.3 Å². The molecule has 2 aliphatic rings. The average Bonchev–Trinajstić information content (AvgIpc) is 3.27. The maximum atomic E-state index is 13.1. The van der Waals surface area contributed by atoms with Gasteiger partial charge < -0.3 is 14.6 Å². The van der Waals surface area contributed by atoms with Gasteiger partial charge in [0.05, 0.1) is 18.7 Å². The first-order valence-corrected chi connectivity index (χ1v) is 7.94. The highest BCUT2D eigenvalue weighted by atomic mass is 16.3. The number of fused-ring (bicyclic) bond motifs is 1. The second-order valence-corrected chi connectivity index (χ2v) is 6.17. The van der Waals surface area contributed by atoms with Crippen molar-refractivity contribution in [1.82, 2.24) is 4.90 Å². The first-order chi connectivity index (χ1) is 11.2. The molecule has 118 valence electrons. The summed E-state index contributed by atoms with van der Waals surface area (Å²) in [7, 11) is 0. The molecular formula is C18H18N2O3. The fourth-order valence-corrected chi connectivity index (χ4v) is 3.18. The molecule has 0 saturated heterocycles. The van der Waals surface area contributed by atoms with E-state index >= 15 is 0 Å². The van der Waals surface area contributed by atoms with Crippen molar-refractivity contribution in [3.05, 3.63) is 54.0 Å². The average molecular weight is 310 g/mol. The molecular weight excluding hydrogens is 292 g/mol. The van der Waals surface area contributed by atoms with E-state index in [2.05, 4.69) is 5.32 Å². The minimum atomic E-state index is -0.407. The van der Waals surface area contributed by atoms with Gasteiger partial charge in [-0.3, -0.25) is 9.59 Å². The number of furan rings is 1. The second-order valence-electron chi connectivity index (χ2n) is 6.17. The lowest BCUT2D eigenvalue weighted by atomic mass is 9.89. The number of nitrogens with zero attached hydrogens (tertiary/aromatic N) is 1. The highest BCUT2D eigenvalue weighted by molar-refractivity contribution is 6.01. The Kier molecular flexibility index (Phi) is 3.41. The van der Waals surface area contributed by atoms with Gasteiger partial charge in [-0.15, -0.1) is 0 Å². The SMILES string of the molecule is O=C1C[C@@H](C(=O)N(Cc2ccco2)C2CC2)c2ccccc2N1. The molecule has 1 saturated carbocycles. The molecule has 1 aliphatic carbocycles. The number of nitrogens with one attached hydrogen (secondary N) is 1. The summed E-state index contributed by atoms with van der Waals surface area (Å²) in [6, 6.07) is 11.5. The molecule has 0 unspecified atom stereocenters. The lowest BCUT2D eigenvalue weighted by Crippen LogP contribution is -2.39. The maximum Gasteiger partial charge on any atom is 0.231 e. The van der Waals surface area contributed by atoms with Crippen LogP contribution in [-0.4, -0.2) is 22.8 Å². The first kappa shape index (κ1) is 14.1. The molecule has 0 bridgehead atoms. The Labute approximate surface area is 134 Å². The Balaban J connectivity index is 1.63. The van der Waals surface area contributed by atoms with Crippen LogP contribution in [0.3, 0.4) is 0 Å². The summed E-state index contributed by atoms with van der Waals surface area (Å²) < 4.78 is 5.40. The molecule has 0 spiro atoms. The zero-order chi connectivity index (χ0) is 15.8. The van der Waals surface area contributed by atoms with Crippen molar-refractivity contribution < 1.29 is 14.0 Å². The molecule has 4 rings (SSSR count). The van der Waals surface area contributed by atoms with E-state index in [9.17, 15) is 9.59 Å². The van der Waals surface area contributed by atoms with E-state index in [1.807, 2.05) is 41.3 Å². The number of anilines is 1. The number of amides is 2. The molecule has 1 N–H and O–H groups in total. The number of carbonyl (C=O) groups excluding carboxylic acids is 2. The zero-order valence-corrected chi connectivity index (χ0v) is 12.7. The summed E-state index contributed by atoms with van der Waals surface area (Å²) in [6.45, 7) is 0.469. The van der Waals surface area contributed by atoms with Crippen LogP contribution in [0.25, 0.3) is 0 Å². The molecule has 1 fully saturated rings. The van der Waals surface area contributed by atoms with Gasteiger partial charge in [0.15, 0.2) is 0 Å². The van der Waals surface area contributed by atoms with Crippen LogP contribution in [0.15, 0.2) is 47.1 Å². The summed E-state index contributed by atoms with van der Waals surface area (Å²) in [6.07, 6.45) is 3.87. The molecule has 5 heteroatoms. The predicted octanol–water partition coefficient (Wildman–Crippen LogP) is 2.90. The third kappa shape index (κ3) is 2.74. The van der Waals surface area contributed by atoms with Crippen LogP contribution < -0.4 is 5.32 Å². The molecule has 1 atom stereocenters. The van der Waals surface area contributed by atoms with Crippen LogP contribution in [0.2, 0.25) is 0 Å². The Morgan fingerprint density at radius 1 is 1.22 bits per heavy atom. The standard InChI is InChI=1S/C18H18N2O3/c21-17-10-15(14-5-1-2-6-16(14)19-17)18(22)20(12-7-8-12)11-13-4-3-9-23-13/h1-6,9,12,15H,7-8,10-11H2,(H,19,21)/t15-/m1/s1. The number of para-hydroxylation sites is 1. The topological polar surface area (TPSA) is 62.6 Å². The Morgan fingerprint density at radius 2 is 2.04 bits per heavy atom. The molecule has 2 amide bonds. The minimum absolute atomic E-state index is 0.0196. The molecule has 5 nitrogen and oxygen atoms in total. The van der Waals surface area contributed by atoms with E-state index in [0.29, 0.717) is 6.54 Å². The number of hydrogen-bond acceptors (Lipinski definition) is 3. The van der Waals surface area contributed by atoms with Gasteiger partial charge in [-0.25, -0.2) is 0 Å². The number of rotatable bonds is 4. The summed E-state index contributed by atoms with van der Waals surface area (Å²) in [5.41, 5.74) is 1.65. The Hall–Kier alpha value is -2.56. The third-order valence-corrected chi connectivity index (χ3v) is 4.47. The summed E-state index contributed by atoms with van der Waals surface area (Å²) >= 11 is 0. The summed E-state index contributed by atoms with van der Waals surface area (Å²) in [5.74, 6) is 0.288. The van der Waals surface area contributed by atoms with Gasteiger partial charge in [0, 0.05) is 18.2 Å². The van der Waals surface area contributed by atoms with E-state index in [1.54, 1.807) is 6.26 Å². The number of carbonyl (C=O) groups is 2. The largest absolute Gasteiger partial charge is 0.467 e.